The molecule has 0 aliphatic carbocycles. The van der Waals surface area contributed by atoms with E-state index in [1.165, 1.54) is 122 Å². The summed E-state index contributed by atoms with van der Waals surface area (Å²) in [6.45, 7) is 7.22. The third-order valence-electron chi connectivity index (χ3n) is 7.55. The van der Waals surface area contributed by atoms with Crippen LogP contribution in [0.2, 0.25) is 0 Å². The summed E-state index contributed by atoms with van der Waals surface area (Å²) in [5.74, 6) is 1.71. The lowest BCUT2D eigenvalue weighted by atomic mass is 9.93. The van der Waals surface area contributed by atoms with Crippen LogP contribution >= 0.6 is 0 Å². The zero-order chi connectivity index (χ0) is 23.8. The zero-order valence-corrected chi connectivity index (χ0v) is 22.6. The number of hydrogen-bond donors (Lipinski definition) is 0. The highest BCUT2D eigenvalue weighted by Crippen LogP contribution is 2.23. The van der Waals surface area contributed by atoms with E-state index in [0.717, 1.165) is 37.9 Å². The van der Waals surface area contributed by atoms with Gasteiger partial charge in [-0.1, -0.05) is 117 Å². The van der Waals surface area contributed by atoms with Crippen molar-refractivity contribution in [2.75, 3.05) is 19.8 Å². The van der Waals surface area contributed by atoms with Crippen molar-refractivity contribution in [3.63, 3.8) is 0 Å². The van der Waals surface area contributed by atoms with Gasteiger partial charge >= 0.3 is 5.97 Å². The van der Waals surface area contributed by atoms with Crippen LogP contribution in [0.1, 0.15) is 155 Å². The summed E-state index contributed by atoms with van der Waals surface area (Å²) >= 11 is 0. The molecule has 2 heterocycles. The lowest BCUT2D eigenvalue weighted by molar-refractivity contribution is -0.142. The van der Waals surface area contributed by atoms with Crippen LogP contribution in [-0.4, -0.2) is 25.8 Å². The summed E-state index contributed by atoms with van der Waals surface area (Å²) in [5.41, 5.74) is 0. The second kappa shape index (κ2) is 23.2. The Morgan fingerprint density at radius 3 is 1.73 bits per heavy atom. The van der Waals surface area contributed by atoms with Crippen molar-refractivity contribution in [3.05, 3.63) is 0 Å². The van der Waals surface area contributed by atoms with Gasteiger partial charge in [-0.05, 0) is 43.9 Å². The van der Waals surface area contributed by atoms with E-state index in [1.807, 2.05) is 0 Å². The number of rotatable bonds is 16. The van der Waals surface area contributed by atoms with Crippen LogP contribution in [0, 0.1) is 11.8 Å². The molecule has 0 aromatic rings. The number of carbonyl (C=O) groups is 1. The minimum Gasteiger partial charge on any atom is -0.466 e. The summed E-state index contributed by atoms with van der Waals surface area (Å²) in [4.78, 5) is 11.1. The molecule has 3 heteroatoms. The highest BCUT2D eigenvalue weighted by molar-refractivity contribution is 5.69. The van der Waals surface area contributed by atoms with Crippen molar-refractivity contribution in [1.29, 1.82) is 0 Å². The van der Waals surface area contributed by atoms with Gasteiger partial charge in [0, 0.05) is 19.6 Å². The minimum absolute atomic E-state index is 0.00654. The second-order valence-corrected chi connectivity index (χ2v) is 10.6. The fraction of sp³-hybridized carbons (Fsp3) is 0.967. The molecule has 33 heavy (non-hydrogen) atoms. The highest BCUT2D eigenvalue weighted by atomic mass is 16.5. The molecule has 2 atom stereocenters. The fourth-order valence-electron chi connectivity index (χ4n) is 5.21. The molecule has 0 aromatic carbocycles. The van der Waals surface area contributed by atoms with Gasteiger partial charge in [0.2, 0.25) is 0 Å². The Balaban J connectivity index is 0.000000331. The maximum Gasteiger partial charge on any atom is 0.305 e. The van der Waals surface area contributed by atoms with Crippen LogP contribution in [-0.2, 0) is 14.3 Å². The van der Waals surface area contributed by atoms with E-state index < -0.39 is 0 Å². The van der Waals surface area contributed by atoms with Crippen LogP contribution in [0.25, 0.3) is 0 Å². The number of cyclic esters (lactones) is 1. The molecule has 196 valence electrons. The first-order valence-corrected chi connectivity index (χ1v) is 15.0. The smallest absolute Gasteiger partial charge is 0.305 e. The summed E-state index contributed by atoms with van der Waals surface area (Å²) in [7, 11) is 0. The van der Waals surface area contributed by atoms with Crippen LogP contribution in [0.4, 0.5) is 0 Å². The first-order valence-electron chi connectivity index (χ1n) is 15.0. The molecular weight excluding hydrogens is 408 g/mol. The monoisotopic (exact) mass is 466 g/mol. The molecule has 0 aromatic heterocycles. The Kier molecular flexibility index (Phi) is 21.4. The van der Waals surface area contributed by atoms with Gasteiger partial charge in [-0.15, -0.1) is 0 Å². The van der Waals surface area contributed by atoms with Crippen LogP contribution in [0.15, 0.2) is 0 Å². The van der Waals surface area contributed by atoms with Crippen LogP contribution in [0.5, 0.6) is 0 Å². The predicted molar refractivity (Wildman–Crippen MR) is 142 cm³/mol. The van der Waals surface area contributed by atoms with E-state index >= 15 is 0 Å². The number of unbranched alkanes of at least 4 members (excludes halogenated alkanes) is 12. The average Bonchev–Trinajstić information content (AvgIpc) is 3.21. The van der Waals surface area contributed by atoms with E-state index in [0.29, 0.717) is 13.0 Å². The van der Waals surface area contributed by atoms with Gasteiger partial charge < -0.3 is 9.47 Å². The molecule has 0 spiro atoms. The Hall–Kier alpha value is -0.570. The molecule has 3 nitrogen and oxygen atoms in total. The normalized spacial score (nSPS) is 21.5. The fourth-order valence-corrected chi connectivity index (χ4v) is 5.21. The van der Waals surface area contributed by atoms with E-state index in [9.17, 15) is 4.79 Å². The third kappa shape index (κ3) is 19.4. The van der Waals surface area contributed by atoms with Crippen molar-refractivity contribution < 1.29 is 14.3 Å². The van der Waals surface area contributed by atoms with Crippen molar-refractivity contribution in [3.8, 4) is 0 Å². The van der Waals surface area contributed by atoms with Gasteiger partial charge in [0.05, 0.1) is 6.61 Å². The quantitative estimate of drug-likeness (QED) is 0.168. The maximum absolute atomic E-state index is 11.1. The summed E-state index contributed by atoms with van der Waals surface area (Å²) in [6.07, 6.45) is 29.3. The Bertz CT molecular complexity index is 415. The summed E-state index contributed by atoms with van der Waals surface area (Å²) < 4.78 is 10.6. The first-order chi connectivity index (χ1) is 16.3. The predicted octanol–water partition coefficient (Wildman–Crippen LogP) is 9.41. The Labute approximate surface area is 207 Å². The SMILES string of the molecule is CCCCCCCCCC1CCCOCC1.CCCCCCCCCC1CCOC(=O)CC1. The topological polar surface area (TPSA) is 35.5 Å². The molecular formula is C30H58O3. The van der Waals surface area contributed by atoms with Gasteiger partial charge in [-0.25, -0.2) is 0 Å². The van der Waals surface area contributed by atoms with Crippen LogP contribution < -0.4 is 0 Å². The van der Waals surface area contributed by atoms with Gasteiger partial charge in [-0.2, -0.15) is 0 Å². The Morgan fingerprint density at radius 1 is 0.606 bits per heavy atom. The van der Waals surface area contributed by atoms with E-state index in [-0.39, 0.29) is 5.97 Å². The number of esters is 1. The Morgan fingerprint density at radius 2 is 1.12 bits per heavy atom. The maximum atomic E-state index is 11.1. The molecule has 0 radical (unpaired) electrons. The lowest BCUT2D eigenvalue weighted by Crippen LogP contribution is -2.01. The van der Waals surface area contributed by atoms with Crippen molar-refractivity contribution in [2.24, 2.45) is 11.8 Å². The van der Waals surface area contributed by atoms with E-state index in [4.69, 9.17) is 9.47 Å². The molecule has 0 amide bonds. The lowest BCUT2D eigenvalue weighted by Gasteiger charge is -2.12. The molecule has 2 aliphatic heterocycles. The second-order valence-electron chi connectivity index (χ2n) is 10.6. The molecule has 2 fully saturated rings. The molecule has 0 N–H and O–H groups in total. The molecule has 0 saturated carbocycles. The average molecular weight is 467 g/mol. The van der Waals surface area contributed by atoms with Crippen LogP contribution in [0.3, 0.4) is 0 Å². The molecule has 0 bridgehead atoms. The van der Waals surface area contributed by atoms with Gasteiger partial charge in [0.25, 0.3) is 0 Å². The van der Waals surface area contributed by atoms with E-state index in [1.54, 1.807) is 0 Å². The molecule has 2 unspecified atom stereocenters. The van der Waals surface area contributed by atoms with Crippen molar-refractivity contribution in [2.45, 2.75) is 155 Å². The number of hydrogen-bond acceptors (Lipinski definition) is 3. The van der Waals surface area contributed by atoms with Crippen molar-refractivity contribution >= 4 is 5.97 Å². The minimum atomic E-state index is 0.00654. The number of ether oxygens (including phenoxy) is 2. The van der Waals surface area contributed by atoms with E-state index in [2.05, 4.69) is 13.8 Å². The highest BCUT2D eigenvalue weighted by Gasteiger charge is 2.16. The standard InChI is InChI=1S/C15H28O2.C15H30O/c1-2-3-4-5-6-7-8-9-14-10-11-15(16)17-13-12-14;1-2-3-4-5-6-7-8-10-15-11-9-13-16-14-12-15/h14H,2-13H2,1H3;15H,2-14H2,1H3. The van der Waals surface area contributed by atoms with Gasteiger partial charge in [0.1, 0.15) is 0 Å². The van der Waals surface area contributed by atoms with Gasteiger partial charge in [0.15, 0.2) is 0 Å². The largest absolute Gasteiger partial charge is 0.466 e. The number of carbonyl (C=O) groups excluding carboxylic acids is 1. The zero-order valence-electron chi connectivity index (χ0n) is 22.6. The first kappa shape index (κ1) is 30.5. The van der Waals surface area contributed by atoms with Crippen molar-refractivity contribution in [1.82, 2.24) is 0 Å². The van der Waals surface area contributed by atoms with Gasteiger partial charge in [-0.3, -0.25) is 4.79 Å². The molecule has 2 saturated heterocycles. The molecule has 2 aliphatic rings. The molecule has 2 rings (SSSR count). The summed E-state index contributed by atoms with van der Waals surface area (Å²) in [6, 6.07) is 0. The third-order valence-corrected chi connectivity index (χ3v) is 7.55. The summed E-state index contributed by atoms with van der Waals surface area (Å²) in [5, 5.41) is 0.